The molecule has 0 aromatic heterocycles. The van der Waals surface area contributed by atoms with Crippen LogP contribution in [0.25, 0.3) is 0 Å². The summed E-state index contributed by atoms with van der Waals surface area (Å²) in [7, 11) is 3.41. The number of ether oxygens (including phenoxy) is 3. The molecule has 1 aromatic carbocycles. The maximum atomic E-state index is 12.0. The summed E-state index contributed by atoms with van der Waals surface area (Å²) < 4.78 is 16.1. The number of hydrogen-bond donors (Lipinski definition) is 0. The number of likely N-dealkylation sites (N-methyl/N-ethyl adjacent to an activating group) is 1. The quantitative estimate of drug-likeness (QED) is 0.795. The van der Waals surface area contributed by atoms with Crippen molar-refractivity contribution < 1.29 is 19.0 Å². The van der Waals surface area contributed by atoms with Crippen LogP contribution in [-0.4, -0.2) is 50.8 Å². The van der Waals surface area contributed by atoms with Gasteiger partial charge in [-0.15, -0.1) is 0 Å². The molecule has 5 heteroatoms. The lowest BCUT2D eigenvalue weighted by Gasteiger charge is -2.20. The van der Waals surface area contributed by atoms with E-state index in [1.165, 1.54) is 0 Å². The lowest BCUT2D eigenvalue weighted by atomic mass is 10.2. The second-order valence-corrected chi connectivity index (χ2v) is 4.79. The van der Waals surface area contributed by atoms with Crippen LogP contribution in [0.15, 0.2) is 24.3 Å². The minimum Gasteiger partial charge on any atom is -0.497 e. The van der Waals surface area contributed by atoms with Crippen molar-refractivity contribution in [3.05, 3.63) is 24.3 Å². The zero-order valence-electron chi connectivity index (χ0n) is 12.0. The summed E-state index contributed by atoms with van der Waals surface area (Å²) in [5.41, 5.74) is 0. The molecule has 110 valence electrons. The van der Waals surface area contributed by atoms with Gasteiger partial charge in [0.25, 0.3) is 5.91 Å². The fourth-order valence-corrected chi connectivity index (χ4v) is 2.10. The molecule has 1 fully saturated rings. The average Bonchev–Trinajstić information content (AvgIpc) is 3.01. The average molecular weight is 279 g/mol. The smallest absolute Gasteiger partial charge is 0.251 e. The number of benzene rings is 1. The van der Waals surface area contributed by atoms with Crippen molar-refractivity contribution in [3.63, 3.8) is 0 Å². The molecule has 0 saturated carbocycles. The molecule has 0 spiro atoms. The van der Waals surface area contributed by atoms with Crippen LogP contribution in [0.2, 0.25) is 0 Å². The molecule has 1 unspecified atom stereocenters. The number of carbonyl (C=O) groups excluding carboxylic acids is 1. The molecule has 0 aliphatic carbocycles. The largest absolute Gasteiger partial charge is 0.497 e. The minimum atomic E-state index is -0.263. The highest BCUT2D eigenvalue weighted by Gasteiger charge is 2.26. The van der Waals surface area contributed by atoms with Crippen LogP contribution >= 0.6 is 0 Å². The van der Waals surface area contributed by atoms with Gasteiger partial charge in [0.1, 0.15) is 24.2 Å². The molecule has 0 N–H and O–H groups in total. The summed E-state index contributed by atoms with van der Waals surface area (Å²) >= 11 is 0. The van der Waals surface area contributed by atoms with Gasteiger partial charge in [0, 0.05) is 13.7 Å². The Hall–Kier alpha value is -1.75. The Bertz CT molecular complexity index is 426. The Morgan fingerprint density at radius 3 is 2.65 bits per heavy atom. The summed E-state index contributed by atoms with van der Waals surface area (Å²) in [6.07, 6.45) is 1.52. The fraction of sp³-hybridized carbons (Fsp3) is 0.533. The first kappa shape index (κ1) is 14.7. The molecule has 2 rings (SSSR count). The van der Waals surface area contributed by atoms with Gasteiger partial charge >= 0.3 is 0 Å². The third kappa shape index (κ3) is 3.87. The highest BCUT2D eigenvalue weighted by molar-refractivity contribution is 5.80. The number of hydrogen-bond acceptors (Lipinski definition) is 4. The summed E-state index contributed by atoms with van der Waals surface area (Å²) in [5, 5.41) is 0. The van der Waals surface area contributed by atoms with E-state index in [-0.39, 0.29) is 12.0 Å². The van der Waals surface area contributed by atoms with Gasteiger partial charge in [0.2, 0.25) is 0 Å². The van der Waals surface area contributed by atoms with Crippen LogP contribution in [0, 0.1) is 0 Å². The SMILES string of the molecule is COc1ccc(OCCN(C)C(=O)C2CCCO2)cc1. The maximum absolute atomic E-state index is 12.0. The van der Waals surface area contributed by atoms with E-state index < -0.39 is 0 Å². The third-order valence-electron chi connectivity index (χ3n) is 3.34. The van der Waals surface area contributed by atoms with Crippen LogP contribution < -0.4 is 9.47 Å². The third-order valence-corrected chi connectivity index (χ3v) is 3.34. The molecule has 1 saturated heterocycles. The lowest BCUT2D eigenvalue weighted by molar-refractivity contribution is -0.139. The van der Waals surface area contributed by atoms with Crippen molar-refractivity contribution in [2.45, 2.75) is 18.9 Å². The standard InChI is InChI=1S/C15H21NO4/c1-16(15(17)14-4-3-10-20-14)9-11-19-13-7-5-12(18-2)6-8-13/h5-8,14H,3-4,9-11H2,1-2H3. The molecule has 0 radical (unpaired) electrons. The molecule has 1 aromatic rings. The zero-order chi connectivity index (χ0) is 14.4. The normalized spacial score (nSPS) is 17.8. The van der Waals surface area contributed by atoms with Gasteiger partial charge in [-0.1, -0.05) is 0 Å². The van der Waals surface area contributed by atoms with Gasteiger partial charge in [-0.05, 0) is 37.1 Å². The number of rotatable bonds is 6. The lowest BCUT2D eigenvalue weighted by Crippen LogP contribution is -2.38. The van der Waals surface area contributed by atoms with Crippen molar-refractivity contribution in [2.24, 2.45) is 0 Å². The molecule has 1 aliphatic heterocycles. The Morgan fingerprint density at radius 2 is 2.05 bits per heavy atom. The molecule has 5 nitrogen and oxygen atoms in total. The van der Waals surface area contributed by atoms with Crippen LogP contribution in [0.5, 0.6) is 11.5 Å². The van der Waals surface area contributed by atoms with Gasteiger partial charge in [0.15, 0.2) is 0 Å². The van der Waals surface area contributed by atoms with Crippen LogP contribution in [-0.2, 0) is 9.53 Å². The van der Waals surface area contributed by atoms with Crippen LogP contribution in [0.4, 0.5) is 0 Å². The van der Waals surface area contributed by atoms with E-state index >= 15 is 0 Å². The van der Waals surface area contributed by atoms with E-state index in [9.17, 15) is 4.79 Å². The van der Waals surface area contributed by atoms with Gasteiger partial charge in [0.05, 0.1) is 13.7 Å². The predicted molar refractivity (Wildman–Crippen MR) is 75.1 cm³/mol. The van der Waals surface area contributed by atoms with Crippen molar-refractivity contribution in [2.75, 3.05) is 33.9 Å². The molecule has 1 heterocycles. The summed E-state index contributed by atoms with van der Waals surface area (Å²) in [6, 6.07) is 7.38. The summed E-state index contributed by atoms with van der Waals surface area (Å²) in [6.45, 7) is 1.69. The Morgan fingerprint density at radius 1 is 1.35 bits per heavy atom. The number of amides is 1. The first-order valence-electron chi connectivity index (χ1n) is 6.84. The molecule has 0 bridgehead atoms. The van der Waals surface area contributed by atoms with Crippen molar-refractivity contribution in [1.29, 1.82) is 0 Å². The van der Waals surface area contributed by atoms with E-state index in [1.54, 1.807) is 19.1 Å². The predicted octanol–water partition coefficient (Wildman–Crippen LogP) is 1.71. The minimum absolute atomic E-state index is 0.0424. The number of methoxy groups -OCH3 is 1. The molecule has 1 aliphatic rings. The second kappa shape index (κ2) is 7.14. The van der Waals surface area contributed by atoms with Gasteiger partial charge in [-0.3, -0.25) is 4.79 Å². The van der Waals surface area contributed by atoms with Crippen LogP contribution in [0.1, 0.15) is 12.8 Å². The Labute approximate surface area is 119 Å². The molecular formula is C15H21NO4. The van der Waals surface area contributed by atoms with E-state index in [4.69, 9.17) is 14.2 Å². The first-order valence-corrected chi connectivity index (χ1v) is 6.84. The van der Waals surface area contributed by atoms with E-state index in [1.807, 2.05) is 24.3 Å². The molecule has 1 amide bonds. The number of nitrogens with zero attached hydrogens (tertiary/aromatic N) is 1. The van der Waals surface area contributed by atoms with Crippen molar-refractivity contribution in [1.82, 2.24) is 4.90 Å². The van der Waals surface area contributed by atoms with Crippen molar-refractivity contribution in [3.8, 4) is 11.5 Å². The molecular weight excluding hydrogens is 258 g/mol. The van der Waals surface area contributed by atoms with Gasteiger partial charge in [-0.25, -0.2) is 0 Å². The fourth-order valence-electron chi connectivity index (χ4n) is 2.10. The monoisotopic (exact) mass is 279 g/mol. The second-order valence-electron chi connectivity index (χ2n) is 4.79. The molecule has 20 heavy (non-hydrogen) atoms. The Kier molecular flexibility index (Phi) is 5.24. The van der Waals surface area contributed by atoms with Gasteiger partial charge in [-0.2, -0.15) is 0 Å². The summed E-state index contributed by atoms with van der Waals surface area (Å²) in [5.74, 6) is 1.60. The van der Waals surface area contributed by atoms with E-state index in [0.717, 1.165) is 24.3 Å². The van der Waals surface area contributed by atoms with Gasteiger partial charge < -0.3 is 19.1 Å². The Balaban J connectivity index is 1.72. The number of carbonyl (C=O) groups is 1. The van der Waals surface area contributed by atoms with E-state index in [0.29, 0.717) is 19.8 Å². The topological polar surface area (TPSA) is 48.0 Å². The first-order chi connectivity index (χ1) is 9.70. The van der Waals surface area contributed by atoms with Crippen LogP contribution in [0.3, 0.4) is 0 Å². The summed E-state index contributed by atoms with van der Waals surface area (Å²) in [4.78, 5) is 13.7. The highest BCUT2D eigenvalue weighted by Crippen LogP contribution is 2.17. The maximum Gasteiger partial charge on any atom is 0.251 e. The van der Waals surface area contributed by atoms with E-state index in [2.05, 4.69) is 0 Å². The highest BCUT2D eigenvalue weighted by atomic mass is 16.5. The molecule has 1 atom stereocenters. The van der Waals surface area contributed by atoms with Crippen molar-refractivity contribution >= 4 is 5.91 Å². The zero-order valence-corrected chi connectivity index (χ0v) is 12.0.